The van der Waals surface area contributed by atoms with Crippen LogP contribution >= 0.6 is 0 Å². The van der Waals surface area contributed by atoms with Crippen molar-refractivity contribution in [2.45, 2.75) is 38.5 Å². The van der Waals surface area contributed by atoms with Gasteiger partial charge in [0.05, 0.1) is 10.8 Å². The molecule has 0 spiro atoms. The second kappa shape index (κ2) is 4.98. The Morgan fingerprint density at radius 2 is 1.75 bits per heavy atom. The molecule has 0 aliphatic carbocycles. The largest absolute Gasteiger partial charge is 0.339 e. The molecule has 0 aliphatic rings. The van der Waals surface area contributed by atoms with E-state index in [4.69, 9.17) is 10.3 Å². The predicted octanol–water partition coefficient (Wildman–Crippen LogP) is 2.77. The molecule has 0 saturated carbocycles. The van der Waals surface area contributed by atoms with Crippen molar-refractivity contribution in [1.29, 1.82) is 0 Å². The number of hydrogen-bond acceptors (Lipinski definition) is 4. The normalized spacial score (nSPS) is 12.7. The van der Waals surface area contributed by atoms with E-state index in [-0.39, 0.29) is 11.2 Å². The first-order valence-electron chi connectivity index (χ1n) is 6.58. The summed E-state index contributed by atoms with van der Waals surface area (Å²) in [5, 5.41) is 4.07. The number of nitrogens with two attached hydrogens (primary N) is 1. The van der Waals surface area contributed by atoms with Crippen molar-refractivity contribution < 1.29 is 8.91 Å². The molecule has 0 radical (unpaired) electrons. The maximum atomic E-state index is 13.0. The predicted molar refractivity (Wildman–Crippen MR) is 74.9 cm³/mol. The summed E-state index contributed by atoms with van der Waals surface area (Å²) in [5.74, 6) is 0.827. The lowest BCUT2D eigenvalue weighted by atomic mass is 9.84. The first-order chi connectivity index (χ1) is 9.27. The van der Waals surface area contributed by atoms with Crippen LogP contribution in [0.2, 0.25) is 0 Å². The van der Waals surface area contributed by atoms with Crippen molar-refractivity contribution in [2.75, 3.05) is 6.54 Å². The molecule has 1 aromatic heterocycles. The highest BCUT2D eigenvalue weighted by molar-refractivity contribution is 5.30. The zero-order valence-corrected chi connectivity index (χ0v) is 12.3. The summed E-state index contributed by atoms with van der Waals surface area (Å²) in [4.78, 5) is 4.47. The molecule has 0 bridgehead atoms. The van der Waals surface area contributed by atoms with Gasteiger partial charge in [-0.3, -0.25) is 0 Å². The van der Waals surface area contributed by atoms with E-state index in [0.717, 1.165) is 5.56 Å². The fourth-order valence-electron chi connectivity index (χ4n) is 1.84. The Morgan fingerprint density at radius 1 is 1.15 bits per heavy atom. The number of nitrogens with zero attached hydrogens (tertiary/aromatic N) is 2. The van der Waals surface area contributed by atoms with E-state index >= 15 is 0 Å². The van der Waals surface area contributed by atoms with Gasteiger partial charge in [0.25, 0.3) is 0 Å². The van der Waals surface area contributed by atoms with Crippen molar-refractivity contribution in [3.8, 4) is 0 Å². The van der Waals surface area contributed by atoms with Crippen LogP contribution in [-0.2, 0) is 10.8 Å². The van der Waals surface area contributed by atoms with Crippen molar-refractivity contribution in [3.05, 3.63) is 47.4 Å². The van der Waals surface area contributed by atoms with Gasteiger partial charge in [-0.2, -0.15) is 4.98 Å². The Hall–Kier alpha value is -1.75. The van der Waals surface area contributed by atoms with Crippen molar-refractivity contribution in [1.82, 2.24) is 10.1 Å². The quantitative estimate of drug-likeness (QED) is 0.933. The standard InChI is InChI=1S/C15H20FN3O/c1-14(2,9-17)13-18-12(19-20-13)15(3,4)10-5-7-11(16)8-6-10/h5-8H,9,17H2,1-4H3. The molecule has 1 heterocycles. The van der Waals surface area contributed by atoms with Crippen LogP contribution in [0.5, 0.6) is 0 Å². The van der Waals surface area contributed by atoms with Gasteiger partial charge >= 0.3 is 0 Å². The average molecular weight is 277 g/mol. The zero-order valence-electron chi connectivity index (χ0n) is 12.3. The molecule has 0 aliphatic heterocycles. The van der Waals surface area contributed by atoms with Gasteiger partial charge in [-0.1, -0.05) is 17.3 Å². The van der Waals surface area contributed by atoms with E-state index in [1.54, 1.807) is 12.1 Å². The molecule has 0 atom stereocenters. The van der Waals surface area contributed by atoms with Gasteiger partial charge in [0.1, 0.15) is 5.82 Å². The van der Waals surface area contributed by atoms with E-state index in [0.29, 0.717) is 18.3 Å². The molecular weight excluding hydrogens is 257 g/mol. The minimum atomic E-state index is -0.458. The molecule has 0 unspecified atom stereocenters. The number of halogens is 1. The van der Waals surface area contributed by atoms with Gasteiger partial charge in [-0.15, -0.1) is 0 Å². The molecular formula is C15H20FN3O. The monoisotopic (exact) mass is 277 g/mol. The molecule has 20 heavy (non-hydrogen) atoms. The van der Waals surface area contributed by atoms with Gasteiger partial charge in [-0.05, 0) is 45.4 Å². The highest BCUT2D eigenvalue weighted by Gasteiger charge is 2.32. The smallest absolute Gasteiger partial charge is 0.233 e. The van der Waals surface area contributed by atoms with Crippen LogP contribution in [0.25, 0.3) is 0 Å². The Kier molecular flexibility index (Phi) is 3.65. The molecule has 0 fully saturated rings. The van der Waals surface area contributed by atoms with Gasteiger partial charge in [0, 0.05) is 6.54 Å². The van der Waals surface area contributed by atoms with E-state index in [1.807, 2.05) is 27.7 Å². The lowest BCUT2D eigenvalue weighted by Crippen LogP contribution is -2.29. The van der Waals surface area contributed by atoms with Crippen LogP contribution < -0.4 is 5.73 Å². The fraction of sp³-hybridized carbons (Fsp3) is 0.467. The van der Waals surface area contributed by atoms with Gasteiger partial charge in [0.2, 0.25) is 5.89 Å². The second-order valence-electron chi connectivity index (χ2n) is 6.14. The lowest BCUT2D eigenvalue weighted by molar-refractivity contribution is 0.307. The molecule has 0 saturated heterocycles. The summed E-state index contributed by atoms with van der Waals surface area (Å²) in [6, 6.07) is 6.34. The van der Waals surface area contributed by atoms with Gasteiger partial charge in [0.15, 0.2) is 5.82 Å². The van der Waals surface area contributed by atoms with E-state index in [2.05, 4.69) is 10.1 Å². The summed E-state index contributed by atoms with van der Waals surface area (Å²) in [5.41, 5.74) is 5.83. The average Bonchev–Trinajstić information content (AvgIpc) is 2.90. The van der Waals surface area contributed by atoms with Crippen LogP contribution in [-0.4, -0.2) is 16.7 Å². The summed E-state index contributed by atoms with van der Waals surface area (Å²) < 4.78 is 18.4. The maximum absolute atomic E-state index is 13.0. The number of benzene rings is 1. The summed E-state index contributed by atoms with van der Waals surface area (Å²) >= 11 is 0. The number of aromatic nitrogens is 2. The first kappa shape index (κ1) is 14.7. The van der Waals surface area contributed by atoms with E-state index in [1.165, 1.54) is 12.1 Å². The minimum absolute atomic E-state index is 0.261. The lowest BCUT2D eigenvalue weighted by Gasteiger charge is -2.21. The Balaban J connectivity index is 2.37. The van der Waals surface area contributed by atoms with Crippen molar-refractivity contribution in [3.63, 3.8) is 0 Å². The molecule has 4 nitrogen and oxygen atoms in total. The second-order valence-corrected chi connectivity index (χ2v) is 6.14. The summed E-state index contributed by atoms with van der Waals surface area (Å²) in [7, 11) is 0. The topological polar surface area (TPSA) is 64.9 Å². The SMILES string of the molecule is CC(C)(CN)c1nc(C(C)(C)c2ccc(F)cc2)no1. The third kappa shape index (κ3) is 2.58. The number of rotatable bonds is 4. The Morgan fingerprint density at radius 3 is 2.30 bits per heavy atom. The zero-order chi connectivity index (χ0) is 15.0. The third-order valence-corrected chi connectivity index (χ3v) is 3.64. The van der Waals surface area contributed by atoms with E-state index < -0.39 is 5.41 Å². The molecule has 5 heteroatoms. The van der Waals surface area contributed by atoms with Crippen LogP contribution in [0.4, 0.5) is 4.39 Å². The first-order valence-corrected chi connectivity index (χ1v) is 6.58. The van der Waals surface area contributed by atoms with Gasteiger partial charge < -0.3 is 10.3 Å². The highest BCUT2D eigenvalue weighted by Crippen LogP contribution is 2.31. The minimum Gasteiger partial charge on any atom is -0.339 e. The fourth-order valence-corrected chi connectivity index (χ4v) is 1.84. The van der Waals surface area contributed by atoms with Crippen LogP contribution in [0, 0.1) is 5.82 Å². The maximum Gasteiger partial charge on any atom is 0.233 e. The summed E-state index contributed by atoms with van der Waals surface area (Å²) in [6.45, 7) is 8.28. The Bertz CT molecular complexity index is 587. The number of hydrogen-bond donors (Lipinski definition) is 1. The van der Waals surface area contributed by atoms with Crippen LogP contribution in [0.15, 0.2) is 28.8 Å². The van der Waals surface area contributed by atoms with Gasteiger partial charge in [-0.25, -0.2) is 4.39 Å². The molecule has 2 rings (SSSR count). The molecule has 1 aromatic carbocycles. The van der Waals surface area contributed by atoms with E-state index in [9.17, 15) is 4.39 Å². The van der Waals surface area contributed by atoms with Crippen LogP contribution in [0.3, 0.4) is 0 Å². The molecule has 0 amide bonds. The summed E-state index contributed by atoms with van der Waals surface area (Å²) in [6.07, 6.45) is 0. The highest BCUT2D eigenvalue weighted by atomic mass is 19.1. The molecule has 108 valence electrons. The van der Waals surface area contributed by atoms with Crippen LogP contribution in [0.1, 0.15) is 45.0 Å². The van der Waals surface area contributed by atoms with Crippen molar-refractivity contribution >= 4 is 0 Å². The Labute approximate surface area is 118 Å². The third-order valence-electron chi connectivity index (χ3n) is 3.64. The molecule has 2 N–H and O–H groups in total. The molecule has 2 aromatic rings. The van der Waals surface area contributed by atoms with Crippen molar-refractivity contribution in [2.24, 2.45) is 5.73 Å².